The number of rotatable bonds is 5. The van der Waals surface area contributed by atoms with Gasteiger partial charge in [0.05, 0.1) is 0 Å². The van der Waals surface area contributed by atoms with Crippen LogP contribution in [0.5, 0.6) is 11.5 Å². The van der Waals surface area contributed by atoms with Crippen LogP contribution in [0.4, 0.5) is 5.13 Å². The summed E-state index contributed by atoms with van der Waals surface area (Å²) in [4.78, 5) is 11.5. The molecule has 6 nitrogen and oxygen atoms in total. The fourth-order valence-electron chi connectivity index (χ4n) is 1.95. The first kappa shape index (κ1) is 14.5. The molecule has 114 valence electrons. The molecule has 1 aromatic carbocycles. The molecule has 1 N–H and O–H groups in total. The van der Waals surface area contributed by atoms with Gasteiger partial charge in [-0.05, 0) is 30.2 Å². The first-order chi connectivity index (χ1) is 10.7. The SMILES string of the molecule is CCCC(=O)Nc1nnc(/C=C/c2ccc3c(c2)OCO3)s1. The van der Waals surface area contributed by atoms with E-state index in [0.29, 0.717) is 11.6 Å². The Morgan fingerprint density at radius 1 is 1.32 bits per heavy atom. The van der Waals surface area contributed by atoms with Crippen LogP contribution in [0.1, 0.15) is 30.3 Å². The maximum Gasteiger partial charge on any atom is 0.231 e. The normalized spacial score (nSPS) is 12.8. The van der Waals surface area contributed by atoms with Crippen LogP contribution in [0.3, 0.4) is 0 Å². The molecule has 2 aromatic rings. The van der Waals surface area contributed by atoms with E-state index in [1.54, 1.807) is 0 Å². The van der Waals surface area contributed by atoms with Crippen LogP contribution in [0.15, 0.2) is 18.2 Å². The second-order valence-electron chi connectivity index (χ2n) is 4.69. The predicted octanol–water partition coefficient (Wildman–Crippen LogP) is 3.18. The molecule has 1 aliphatic rings. The lowest BCUT2D eigenvalue weighted by Crippen LogP contribution is -2.10. The number of hydrogen-bond donors (Lipinski definition) is 1. The van der Waals surface area contributed by atoms with Crippen LogP contribution in [0.2, 0.25) is 0 Å². The Balaban J connectivity index is 1.65. The highest BCUT2D eigenvalue weighted by molar-refractivity contribution is 7.16. The summed E-state index contributed by atoms with van der Waals surface area (Å²) in [6.07, 6.45) is 5.06. The lowest BCUT2D eigenvalue weighted by molar-refractivity contribution is -0.116. The van der Waals surface area contributed by atoms with Crippen molar-refractivity contribution < 1.29 is 14.3 Å². The predicted molar refractivity (Wildman–Crippen MR) is 84.9 cm³/mol. The number of nitrogens with one attached hydrogen (secondary N) is 1. The van der Waals surface area contributed by atoms with Crippen molar-refractivity contribution in [2.24, 2.45) is 0 Å². The molecule has 2 heterocycles. The number of anilines is 1. The van der Waals surface area contributed by atoms with Crippen molar-refractivity contribution in [2.75, 3.05) is 12.1 Å². The van der Waals surface area contributed by atoms with E-state index in [-0.39, 0.29) is 12.7 Å². The van der Waals surface area contributed by atoms with Crippen LogP contribution in [-0.2, 0) is 4.79 Å². The van der Waals surface area contributed by atoms with E-state index in [0.717, 1.165) is 28.5 Å². The van der Waals surface area contributed by atoms with Crippen LogP contribution in [0, 0.1) is 0 Å². The van der Waals surface area contributed by atoms with E-state index in [1.807, 2.05) is 37.3 Å². The van der Waals surface area contributed by atoms with Gasteiger partial charge in [0.15, 0.2) is 11.5 Å². The molecule has 0 fully saturated rings. The second-order valence-corrected chi connectivity index (χ2v) is 5.70. The molecule has 0 aliphatic carbocycles. The van der Waals surface area contributed by atoms with Gasteiger partial charge in [-0.2, -0.15) is 0 Å². The first-order valence-electron chi connectivity index (χ1n) is 6.95. The molecule has 0 atom stereocenters. The van der Waals surface area contributed by atoms with Gasteiger partial charge in [-0.1, -0.05) is 30.4 Å². The molecule has 0 radical (unpaired) electrons. The molecule has 1 aromatic heterocycles. The molecule has 3 rings (SSSR count). The van der Waals surface area contributed by atoms with Gasteiger partial charge in [0.2, 0.25) is 17.8 Å². The number of nitrogens with zero attached hydrogens (tertiary/aromatic N) is 2. The minimum Gasteiger partial charge on any atom is -0.454 e. The Hall–Kier alpha value is -2.41. The smallest absolute Gasteiger partial charge is 0.231 e. The first-order valence-corrected chi connectivity index (χ1v) is 7.77. The van der Waals surface area contributed by atoms with E-state index in [1.165, 1.54) is 11.3 Å². The van der Waals surface area contributed by atoms with Gasteiger partial charge in [-0.3, -0.25) is 4.79 Å². The largest absolute Gasteiger partial charge is 0.454 e. The van der Waals surface area contributed by atoms with Gasteiger partial charge in [0.25, 0.3) is 0 Å². The standard InChI is InChI=1S/C15H15N3O3S/c1-2-3-13(19)16-15-18-17-14(22-15)7-5-10-4-6-11-12(8-10)21-9-20-11/h4-8H,2-3,9H2,1H3,(H,16,18,19)/b7-5+. The molecule has 0 unspecified atom stereocenters. The number of hydrogen-bond acceptors (Lipinski definition) is 6. The molecular weight excluding hydrogens is 302 g/mol. The van der Waals surface area contributed by atoms with Crippen molar-refractivity contribution in [2.45, 2.75) is 19.8 Å². The molecule has 22 heavy (non-hydrogen) atoms. The summed E-state index contributed by atoms with van der Waals surface area (Å²) in [5.41, 5.74) is 0.982. The highest BCUT2D eigenvalue weighted by atomic mass is 32.1. The van der Waals surface area contributed by atoms with Gasteiger partial charge < -0.3 is 14.8 Å². The maximum atomic E-state index is 11.5. The van der Waals surface area contributed by atoms with Crippen molar-refractivity contribution in [3.63, 3.8) is 0 Å². The van der Waals surface area contributed by atoms with Crippen LogP contribution in [-0.4, -0.2) is 22.9 Å². The van der Waals surface area contributed by atoms with Gasteiger partial charge in [-0.15, -0.1) is 10.2 Å². The zero-order valence-electron chi connectivity index (χ0n) is 12.0. The molecule has 0 saturated carbocycles. The van der Waals surface area contributed by atoms with E-state index >= 15 is 0 Å². The molecule has 0 bridgehead atoms. The number of carbonyl (C=O) groups is 1. The van der Waals surface area contributed by atoms with Crippen LogP contribution in [0.25, 0.3) is 12.2 Å². The quantitative estimate of drug-likeness (QED) is 0.917. The van der Waals surface area contributed by atoms with E-state index in [9.17, 15) is 4.79 Å². The summed E-state index contributed by atoms with van der Waals surface area (Å²) in [5.74, 6) is 1.46. The zero-order valence-corrected chi connectivity index (χ0v) is 12.9. The number of amides is 1. The summed E-state index contributed by atoms with van der Waals surface area (Å²) in [6, 6.07) is 5.72. The van der Waals surface area contributed by atoms with Gasteiger partial charge >= 0.3 is 0 Å². The zero-order chi connectivity index (χ0) is 15.4. The van der Waals surface area contributed by atoms with E-state index < -0.39 is 0 Å². The Bertz CT molecular complexity index is 712. The summed E-state index contributed by atoms with van der Waals surface area (Å²) < 4.78 is 10.6. The average Bonchev–Trinajstić information content (AvgIpc) is 3.13. The molecule has 7 heteroatoms. The van der Waals surface area contributed by atoms with Crippen LogP contribution < -0.4 is 14.8 Å². The van der Waals surface area contributed by atoms with Crippen molar-refractivity contribution in [3.05, 3.63) is 28.8 Å². The minimum atomic E-state index is -0.0371. The third-order valence-corrected chi connectivity index (χ3v) is 3.78. The summed E-state index contributed by atoms with van der Waals surface area (Å²) in [7, 11) is 0. The summed E-state index contributed by atoms with van der Waals surface area (Å²) >= 11 is 1.33. The van der Waals surface area contributed by atoms with Gasteiger partial charge in [0, 0.05) is 6.42 Å². The van der Waals surface area contributed by atoms with Gasteiger partial charge in [-0.25, -0.2) is 0 Å². The number of ether oxygens (including phenoxy) is 2. The van der Waals surface area contributed by atoms with Crippen molar-refractivity contribution in [1.29, 1.82) is 0 Å². The monoisotopic (exact) mass is 317 g/mol. The van der Waals surface area contributed by atoms with Crippen molar-refractivity contribution in [3.8, 4) is 11.5 Å². The lowest BCUT2D eigenvalue weighted by Gasteiger charge is -1.97. The highest BCUT2D eigenvalue weighted by Crippen LogP contribution is 2.33. The van der Waals surface area contributed by atoms with Crippen molar-refractivity contribution in [1.82, 2.24) is 10.2 Å². The number of carbonyl (C=O) groups excluding carboxylic acids is 1. The second kappa shape index (κ2) is 6.57. The maximum absolute atomic E-state index is 11.5. The Morgan fingerprint density at radius 2 is 2.18 bits per heavy atom. The average molecular weight is 317 g/mol. The fraction of sp³-hybridized carbons (Fsp3) is 0.267. The fourth-order valence-corrected chi connectivity index (χ4v) is 2.61. The molecular formula is C15H15N3O3S. The Morgan fingerprint density at radius 3 is 3.05 bits per heavy atom. The van der Waals surface area contributed by atoms with E-state index in [4.69, 9.17) is 9.47 Å². The minimum absolute atomic E-state index is 0.0371. The Labute approximate surface area is 131 Å². The topological polar surface area (TPSA) is 73.3 Å². The molecule has 1 aliphatic heterocycles. The summed E-state index contributed by atoms with van der Waals surface area (Å²) in [5, 5.41) is 12.0. The van der Waals surface area contributed by atoms with Gasteiger partial charge in [0.1, 0.15) is 5.01 Å². The third kappa shape index (κ3) is 3.43. The number of benzene rings is 1. The molecule has 1 amide bonds. The van der Waals surface area contributed by atoms with Crippen LogP contribution >= 0.6 is 11.3 Å². The summed E-state index contributed by atoms with van der Waals surface area (Å²) in [6.45, 7) is 2.22. The van der Waals surface area contributed by atoms with E-state index in [2.05, 4.69) is 15.5 Å². The Kier molecular flexibility index (Phi) is 4.34. The number of fused-ring (bicyclic) bond motifs is 1. The third-order valence-electron chi connectivity index (χ3n) is 2.98. The van der Waals surface area contributed by atoms with Crippen molar-refractivity contribution >= 4 is 34.5 Å². The highest BCUT2D eigenvalue weighted by Gasteiger charge is 2.12. The molecule has 0 saturated heterocycles. The molecule has 0 spiro atoms. The number of aromatic nitrogens is 2. The lowest BCUT2D eigenvalue weighted by atomic mass is 10.2.